The van der Waals surface area contributed by atoms with Crippen molar-refractivity contribution in [1.82, 2.24) is 4.31 Å². The zero-order valence-corrected chi connectivity index (χ0v) is 13.7. The molecule has 0 bridgehead atoms. The molecule has 0 spiro atoms. The SMILES string of the molecule is CCOC(=O)C1CCCN(S(=O)(=O)C2CCS(=O)(=O)C2)C1. The van der Waals surface area contributed by atoms with Gasteiger partial charge in [0.15, 0.2) is 9.84 Å². The van der Waals surface area contributed by atoms with Crippen molar-refractivity contribution in [2.75, 3.05) is 31.2 Å². The monoisotopic (exact) mass is 339 g/mol. The predicted octanol–water partition coefficient (Wildman–Crippen LogP) is -0.222. The fourth-order valence-corrected chi connectivity index (χ4v) is 7.44. The van der Waals surface area contributed by atoms with E-state index in [4.69, 9.17) is 4.74 Å². The summed E-state index contributed by atoms with van der Waals surface area (Å²) in [5.74, 6) is -1.22. The summed E-state index contributed by atoms with van der Waals surface area (Å²) in [6.45, 7) is 2.41. The Hall–Kier alpha value is -0.670. The van der Waals surface area contributed by atoms with Gasteiger partial charge in [0.05, 0.1) is 29.3 Å². The lowest BCUT2D eigenvalue weighted by atomic mass is 10.0. The van der Waals surface area contributed by atoms with Gasteiger partial charge in [0.1, 0.15) is 0 Å². The first-order valence-corrected chi connectivity index (χ1v) is 10.4. The molecule has 2 heterocycles. The molecule has 0 saturated carbocycles. The molecule has 2 fully saturated rings. The molecule has 21 heavy (non-hydrogen) atoms. The number of hydrogen-bond donors (Lipinski definition) is 0. The molecule has 0 aliphatic carbocycles. The van der Waals surface area contributed by atoms with Gasteiger partial charge >= 0.3 is 5.97 Å². The predicted molar refractivity (Wildman–Crippen MR) is 76.9 cm³/mol. The van der Waals surface area contributed by atoms with Crippen LogP contribution in [0.2, 0.25) is 0 Å². The number of sulfone groups is 1. The van der Waals surface area contributed by atoms with Gasteiger partial charge < -0.3 is 4.74 Å². The fraction of sp³-hybridized carbons (Fsp3) is 0.917. The highest BCUT2D eigenvalue weighted by atomic mass is 32.2. The van der Waals surface area contributed by atoms with Crippen LogP contribution in [0.25, 0.3) is 0 Å². The minimum atomic E-state index is -3.67. The highest BCUT2D eigenvalue weighted by Crippen LogP contribution is 2.27. The second-order valence-electron chi connectivity index (χ2n) is 5.52. The molecule has 0 amide bonds. The van der Waals surface area contributed by atoms with Crippen molar-refractivity contribution < 1.29 is 26.4 Å². The lowest BCUT2D eigenvalue weighted by Gasteiger charge is -2.32. The van der Waals surface area contributed by atoms with Gasteiger partial charge in [0, 0.05) is 13.1 Å². The van der Waals surface area contributed by atoms with Crippen LogP contribution in [0.3, 0.4) is 0 Å². The van der Waals surface area contributed by atoms with Crippen molar-refractivity contribution in [1.29, 1.82) is 0 Å². The van der Waals surface area contributed by atoms with Crippen molar-refractivity contribution >= 4 is 25.8 Å². The molecule has 7 nitrogen and oxygen atoms in total. The molecule has 0 aromatic carbocycles. The summed E-state index contributed by atoms with van der Waals surface area (Å²) in [6.07, 6.45) is 1.33. The number of sulfonamides is 1. The Bertz CT molecular complexity index is 597. The van der Waals surface area contributed by atoms with E-state index in [9.17, 15) is 21.6 Å². The van der Waals surface area contributed by atoms with E-state index >= 15 is 0 Å². The molecular formula is C12H21NO6S2. The van der Waals surface area contributed by atoms with Crippen LogP contribution in [0.15, 0.2) is 0 Å². The molecular weight excluding hydrogens is 318 g/mol. The van der Waals surface area contributed by atoms with E-state index in [-0.39, 0.29) is 37.0 Å². The largest absolute Gasteiger partial charge is 0.466 e. The average molecular weight is 339 g/mol. The molecule has 0 aromatic rings. The van der Waals surface area contributed by atoms with Crippen molar-refractivity contribution in [3.63, 3.8) is 0 Å². The van der Waals surface area contributed by atoms with E-state index < -0.39 is 31.0 Å². The number of rotatable bonds is 4. The minimum absolute atomic E-state index is 0.0773. The Morgan fingerprint density at radius 1 is 1.33 bits per heavy atom. The highest BCUT2D eigenvalue weighted by Gasteiger charge is 2.42. The Kier molecular flexibility index (Phi) is 4.94. The van der Waals surface area contributed by atoms with Crippen LogP contribution in [0, 0.1) is 5.92 Å². The number of nitrogens with zero attached hydrogens (tertiary/aromatic N) is 1. The maximum absolute atomic E-state index is 12.5. The third-order valence-corrected chi connectivity index (χ3v) is 8.25. The summed E-state index contributed by atoms with van der Waals surface area (Å²) in [7, 11) is -6.92. The van der Waals surface area contributed by atoms with E-state index in [0.29, 0.717) is 19.4 Å². The number of carbonyl (C=O) groups is 1. The van der Waals surface area contributed by atoms with E-state index in [0.717, 1.165) is 0 Å². The molecule has 9 heteroatoms. The van der Waals surface area contributed by atoms with E-state index in [1.807, 2.05) is 0 Å². The second-order valence-corrected chi connectivity index (χ2v) is 9.96. The third kappa shape index (κ3) is 3.75. The maximum Gasteiger partial charge on any atom is 0.310 e. The van der Waals surface area contributed by atoms with Gasteiger partial charge in [-0.05, 0) is 26.2 Å². The van der Waals surface area contributed by atoms with Gasteiger partial charge in [-0.3, -0.25) is 4.79 Å². The maximum atomic E-state index is 12.5. The van der Waals surface area contributed by atoms with Gasteiger partial charge in [0.2, 0.25) is 10.0 Å². The summed E-state index contributed by atoms with van der Waals surface area (Å²) >= 11 is 0. The lowest BCUT2D eigenvalue weighted by molar-refractivity contribution is -0.149. The number of piperidine rings is 1. The zero-order chi connectivity index (χ0) is 15.7. The van der Waals surface area contributed by atoms with E-state index in [2.05, 4.69) is 0 Å². The normalized spacial score (nSPS) is 30.1. The molecule has 2 saturated heterocycles. The Labute approximate surface area is 125 Å². The van der Waals surface area contributed by atoms with Crippen LogP contribution in [-0.4, -0.2) is 63.6 Å². The molecule has 2 aliphatic rings. The molecule has 0 radical (unpaired) electrons. The highest BCUT2D eigenvalue weighted by molar-refractivity contribution is 7.95. The molecule has 2 atom stereocenters. The second kappa shape index (κ2) is 6.21. The summed E-state index contributed by atoms with van der Waals surface area (Å²) in [5, 5.41) is -0.872. The third-order valence-electron chi connectivity index (χ3n) is 3.98. The van der Waals surface area contributed by atoms with Gasteiger partial charge in [-0.2, -0.15) is 0 Å². The van der Waals surface area contributed by atoms with Crippen LogP contribution in [0.5, 0.6) is 0 Å². The van der Waals surface area contributed by atoms with Crippen molar-refractivity contribution in [2.45, 2.75) is 31.4 Å². The molecule has 2 aliphatic heterocycles. The van der Waals surface area contributed by atoms with Crippen molar-refractivity contribution in [2.24, 2.45) is 5.92 Å². The number of esters is 1. The van der Waals surface area contributed by atoms with Crippen LogP contribution in [0.4, 0.5) is 0 Å². The Balaban J connectivity index is 2.08. The Morgan fingerprint density at radius 3 is 2.62 bits per heavy atom. The number of hydrogen-bond acceptors (Lipinski definition) is 6. The zero-order valence-electron chi connectivity index (χ0n) is 12.0. The van der Waals surface area contributed by atoms with Crippen LogP contribution in [0.1, 0.15) is 26.2 Å². The first kappa shape index (κ1) is 16.7. The Morgan fingerprint density at radius 2 is 2.05 bits per heavy atom. The molecule has 0 aromatic heterocycles. The van der Waals surface area contributed by atoms with E-state index in [1.54, 1.807) is 6.92 Å². The van der Waals surface area contributed by atoms with Crippen molar-refractivity contribution in [3.8, 4) is 0 Å². The average Bonchev–Trinajstić information content (AvgIpc) is 2.80. The molecule has 0 N–H and O–H groups in total. The topological polar surface area (TPSA) is 97.8 Å². The summed E-state index contributed by atoms with van der Waals surface area (Å²) in [5.41, 5.74) is 0. The number of ether oxygens (including phenoxy) is 1. The van der Waals surface area contributed by atoms with Crippen LogP contribution in [-0.2, 0) is 29.4 Å². The quantitative estimate of drug-likeness (QED) is 0.657. The first-order chi connectivity index (χ1) is 9.76. The van der Waals surface area contributed by atoms with Crippen LogP contribution >= 0.6 is 0 Å². The van der Waals surface area contributed by atoms with Crippen molar-refractivity contribution in [3.05, 3.63) is 0 Å². The van der Waals surface area contributed by atoms with Gasteiger partial charge in [-0.1, -0.05) is 0 Å². The first-order valence-electron chi connectivity index (χ1n) is 7.12. The minimum Gasteiger partial charge on any atom is -0.466 e. The lowest BCUT2D eigenvalue weighted by Crippen LogP contribution is -2.46. The smallest absolute Gasteiger partial charge is 0.310 e. The molecule has 122 valence electrons. The van der Waals surface area contributed by atoms with Gasteiger partial charge in [0.25, 0.3) is 0 Å². The molecule has 2 rings (SSSR count). The summed E-state index contributed by atoms with van der Waals surface area (Å²) in [4.78, 5) is 11.8. The standard InChI is InChI=1S/C12H21NO6S2/c1-2-19-12(14)10-4-3-6-13(8-10)21(17,18)11-5-7-20(15,16)9-11/h10-11H,2-9H2,1H3. The fourth-order valence-electron chi connectivity index (χ4n) is 2.83. The van der Waals surface area contributed by atoms with E-state index in [1.165, 1.54) is 4.31 Å². The number of carbonyl (C=O) groups excluding carboxylic acids is 1. The summed E-state index contributed by atoms with van der Waals surface area (Å²) < 4.78 is 54.2. The summed E-state index contributed by atoms with van der Waals surface area (Å²) in [6, 6.07) is 0. The van der Waals surface area contributed by atoms with Gasteiger partial charge in [-0.25, -0.2) is 21.1 Å². The molecule has 2 unspecified atom stereocenters. The van der Waals surface area contributed by atoms with Crippen LogP contribution < -0.4 is 0 Å². The van der Waals surface area contributed by atoms with Gasteiger partial charge in [-0.15, -0.1) is 0 Å².